The van der Waals surface area contributed by atoms with Crippen LogP contribution >= 0.6 is 0 Å². The van der Waals surface area contributed by atoms with Crippen molar-refractivity contribution in [1.29, 1.82) is 0 Å². The normalized spacial score (nSPS) is 25.2. The Bertz CT molecular complexity index is 4130. The van der Waals surface area contributed by atoms with E-state index in [4.69, 9.17) is 0 Å². The van der Waals surface area contributed by atoms with Crippen LogP contribution in [0.5, 0.6) is 0 Å². The van der Waals surface area contributed by atoms with Gasteiger partial charge in [-0.25, -0.2) is 0 Å². The van der Waals surface area contributed by atoms with Gasteiger partial charge in [-0.2, -0.15) is 0 Å². The maximum Gasteiger partial charge on any atom is 0.216 e. The molecule has 0 aromatic heterocycles. The summed E-state index contributed by atoms with van der Waals surface area (Å²) >= 11 is 0. The molecule has 1 spiro atoms. The minimum absolute atomic E-state index is 0.0953. The zero-order valence-corrected chi connectivity index (χ0v) is 44.9. The molecule has 0 amide bonds. The van der Waals surface area contributed by atoms with Crippen LogP contribution in [0.1, 0.15) is 112 Å². The molecule has 4 aliphatic carbocycles. The molecular weight excluding hydrogens is 922 g/mol. The van der Waals surface area contributed by atoms with Gasteiger partial charge in [0.05, 0.1) is 5.41 Å². The van der Waals surface area contributed by atoms with E-state index in [2.05, 4.69) is 234 Å². The van der Waals surface area contributed by atoms with Gasteiger partial charge in [0, 0.05) is 0 Å². The number of hydrogen-bond donors (Lipinski definition) is 0. The van der Waals surface area contributed by atoms with Gasteiger partial charge in [0.1, 0.15) is 0 Å². The molecule has 368 valence electrons. The lowest BCUT2D eigenvalue weighted by atomic mass is 9.26. The Hall–Kier alpha value is -7.41. The number of benzene rings is 11. The van der Waals surface area contributed by atoms with Crippen LogP contribution in [0, 0.1) is 0 Å². The van der Waals surface area contributed by atoms with Gasteiger partial charge in [-0.3, -0.25) is 0 Å². The molecule has 0 saturated heterocycles. The first-order valence-corrected chi connectivity index (χ1v) is 29.1. The van der Waals surface area contributed by atoms with Crippen LogP contribution < -0.4 is 21.9 Å². The molecule has 2 aliphatic heterocycles. The van der Waals surface area contributed by atoms with E-state index in [1.165, 1.54) is 172 Å². The fourth-order valence-corrected chi connectivity index (χ4v) is 18.7. The molecule has 2 saturated carbocycles. The Morgan fingerprint density at radius 1 is 0.325 bits per heavy atom. The highest BCUT2D eigenvalue weighted by atomic mass is 14.6. The van der Waals surface area contributed by atoms with Crippen molar-refractivity contribution in [2.24, 2.45) is 0 Å². The smallest absolute Gasteiger partial charge is 0.0735 e. The molecule has 11 aromatic carbocycles. The highest BCUT2D eigenvalue weighted by molar-refractivity contribution is 6.90. The quantitative estimate of drug-likeness (QED) is 0.122. The first kappa shape index (κ1) is 44.7. The summed E-state index contributed by atoms with van der Waals surface area (Å²) in [5.41, 5.74) is 25.2. The van der Waals surface area contributed by atoms with Crippen molar-refractivity contribution in [3.05, 3.63) is 240 Å². The number of hydrogen-bond acceptors (Lipinski definition) is 0. The highest BCUT2D eigenvalue weighted by Crippen LogP contribution is 2.67. The molecule has 4 atom stereocenters. The predicted octanol–water partition coefficient (Wildman–Crippen LogP) is 16.7. The third-order valence-electron chi connectivity index (χ3n) is 22.7. The van der Waals surface area contributed by atoms with Gasteiger partial charge in [-0.05, 0) is 163 Å². The number of fused-ring (bicyclic) bond motifs is 17. The lowest BCUT2D eigenvalue weighted by molar-refractivity contribution is 0.243. The zero-order valence-electron chi connectivity index (χ0n) is 44.9. The monoisotopic (exact) mass is 985 g/mol. The topological polar surface area (TPSA) is 0 Å². The van der Waals surface area contributed by atoms with Crippen molar-refractivity contribution in [2.75, 3.05) is 0 Å². The summed E-state index contributed by atoms with van der Waals surface area (Å²) in [5.74, 6) is 0. The third kappa shape index (κ3) is 5.48. The first-order valence-electron chi connectivity index (χ1n) is 29.1. The van der Waals surface area contributed by atoms with Crippen molar-refractivity contribution in [3.63, 3.8) is 0 Å². The molecule has 2 heteroatoms. The largest absolute Gasteiger partial charge is 0.216 e. The summed E-state index contributed by atoms with van der Waals surface area (Å²) in [4.78, 5) is 0. The molecule has 17 rings (SSSR count). The minimum atomic E-state index is -0.542. The van der Waals surface area contributed by atoms with Gasteiger partial charge in [-0.1, -0.05) is 276 Å². The Kier molecular flexibility index (Phi) is 8.94. The lowest BCUT2D eigenvalue weighted by Gasteiger charge is -2.48. The third-order valence-corrected chi connectivity index (χ3v) is 22.7. The van der Waals surface area contributed by atoms with Crippen molar-refractivity contribution >= 4 is 67.6 Å². The molecular formula is C75H62B2. The fraction of sp³-hybridized carbons (Fsp3) is 0.227. The average molecular weight is 985 g/mol. The Labute approximate surface area is 455 Å². The van der Waals surface area contributed by atoms with Gasteiger partial charge in [0.2, 0.25) is 13.4 Å². The standard InChI is InChI=1S/C75H62B2/c1-71-38-13-15-40-73(71,3)76(54-20-7-5-8-21-54)66-36-31-51(44-63(66)71)49-29-33-56-57-34-30-50(52-32-37-67-64(45-52)72(2)39-14-16-41-74(72,4)77(67)55-22-9-6-10-23-55)43-62(57)75(61(56)42-49)60-25-12-11-24-58(60)70-59-35-28-48-19-17-18-47-26-27-53(46-65(70)75)69(59)68(47)48/h5-12,17-37,42-46H,13-16,38-41H2,1-4H3. The molecule has 0 N–H and O–H groups in total. The molecule has 6 aliphatic rings. The maximum absolute atomic E-state index is 2.64. The molecule has 0 nitrogen and oxygen atoms in total. The highest BCUT2D eigenvalue weighted by Gasteiger charge is 2.62. The summed E-state index contributed by atoms with van der Waals surface area (Å²) in [6, 6.07) is 81.9. The second-order valence-corrected chi connectivity index (χ2v) is 25.7. The van der Waals surface area contributed by atoms with E-state index < -0.39 is 5.41 Å². The van der Waals surface area contributed by atoms with Crippen LogP contribution in [0.4, 0.5) is 0 Å². The summed E-state index contributed by atoms with van der Waals surface area (Å²) in [7, 11) is 0. The molecule has 0 bridgehead atoms. The van der Waals surface area contributed by atoms with Crippen LogP contribution in [0.2, 0.25) is 10.6 Å². The van der Waals surface area contributed by atoms with Gasteiger partial charge in [-0.15, -0.1) is 0 Å². The SMILES string of the molecule is CC12CCCCC1(C)c1cc(-c3ccc4c(c3)C3(c5cc(-c6ccc7c(c6)C6(C)CCCCC6(C)B7c6ccccc6)ccc5-4)c4ccccc4-c4c3cc3ccc5cccc6ccc4c3c56)ccc1B2c1ccccc1. The van der Waals surface area contributed by atoms with Crippen LogP contribution in [0.15, 0.2) is 206 Å². The summed E-state index contributed by atoms with van der Waals surface area (Å²) in [5, 5.41) is 8.39. The second-order valence-electron chi connectivity index (χ2n) is 25.7. The van der Waals surface area contributed by atoms with E-state index in [1.54, 1.807) is 11.1 Å². The van der Waals surface area contributed by atoms with E-state index >= 15 is 0 Å². The van der Waals surface area contributed by atoms with Crippen molar-refractivity contribution in [1.82, 2.24) is 0 Å². The predicted molar refractivity (Wildman–Crippen MR) is 329 cm³/mol. The van der Waals surface area contributed by atoms with E-state index in [0.717, 1.165) is 0 Å². The maximum atomic E-state index is 2.64. The van der Waals surface area contributed by atoms with E-state index in [-0.39, 0.29) is 21.5 Å². The summed E-state index contributed by atoms with van der Waals surface area (Å²) < 4.78 is 0. The second kappa shape index (κ2) is 15.4. The van der Waals surface area contributed by atoms with Crippen LogP contribution in [-0.2, 0) is 16.2 Å². The van der Waals surface area contributed by atoms with E-state index in [1.807, 2.05) is 0 Å². The fourth-order valence-electron chi connectivity index (χ4n) is 18.7. The average Bonchev–Trinajstić information content (AvgIpc) is 4.26. The Balaban J connectivity index is 0.902. The number of rotatable bonds is 4. The van der Waals surface area contributed by atoms with Gasteiger partial charge in [0.15, 0.2) is 0 Å². The molecule has 4 unspecified atom stereocenters. The Morgan fingerprint density at radius 2 is 0.792 bits per heavy atom. The van der Waals surface area contributed by atoms with Crippen molar-refractivity contribution in [2.45, 2.75) is 106 Å². The Morgan fingerprint density at radius 3 is 1.35 bits per heavy atom. The molecule has 2 heterocycles. The first-order chi connectivity index (χ1) is 37.6. The zero-order chi connectivity index (χ0) is 51.2. The van der Waals surface area contributed by atoms with Crippen molar-refractivity contribution in [3.8, 4) is 44.5 Å². The van der Waals surface area contributed by atoms with Crippen LogP contribution in [0.25, 0.3) is 76.8 Å². The molecule has 77 heavy (non-hydrogen) atoms. The lowest BCUT2D eigenvalue weighted by Crippen LogP contribution is -2.51. The molecule has 2 fully saturated rings. The minimum Gasteiger partial charge on any atom is -0.0735 e. The summed E-state index contributed by atoms with van der Waals surface area (Å²) in [6.07, 6.45) is 10.2. The van der Waals surface area contributed by atoms with Crippen LogP contribution in [-0.4, -0.2) is 13.4 Å². The van der Waals surface area contributed by atoms with Gasteiger partial charge >= 0.3 is 0 Å². The van der Waals surface area contributed by atoms with Gasteiger partial charge in [0.25, 0.3) is 0 Å². The van der Waals surface area contributed by atoms with E-state index in [9.17, 15) is 0 Å². The summed E-state index contributed by atoms with van der Waals surface area (Å²) in [6.45, 7) is 11.3. The molecule has 11 aromatic rings. The van der Waals surface area contributed by atoms with Crippen molar-refractivity contribution < 1.29 is 0 Å². The van der Waals surface area contributed by atoms with E-state index in [0.29, 0.717) is 13.4 Å². The molecule has 0 radical (unpaired) electrons. The van der Waals surface area contributed by atoms with Gasteiger partial charge < -0.3 is 0 Å². The van der Waals surface area contributed by atoms with Crippen LogP contribution in [0.3, 0.4) is 0 Å².